The van der Waals surface area contributed by atoms with Crippen LogP contribution in [0.3, 0.4) is 0 Å². The SMILES string of the molecule is C/C=C(\C1=NC(CC#N)CN1NC=O)N1C[C@@H](C)N(C(C)c2ccc3ncc(C)nc3c2)CC1C. The Kier molecular flexibility index (Phi) is 7.31. The van der Waals surface area contributed by atoms with Gasteiger partial charge in [-0.1, -0.05) is 12.1 Å². The Morgan fingerprint density at radius 1 is 1.26 bits per heavy atom. The van der Waals surface area contributed by atoms with Gasteiger partial charge in [0, 0.05) is 37.4 Å². The van der Waals surface area contributed by atoms with Gasteiger partial charge in [-0.05, 0) is 52.3 Å². The maximum atomic E-state index is 11.2. The number of carbonyl (C=O) groups is 1. The summed E-state index contributed by atoms with van der Waals surface area (Å²) in [5.41, 5.74) is 7.74. The number of allylic oxidation sites excluding steroid dienone is 1. The van der Waals surface area contributed by atoms with Crippen molar-refractivity contribution in [1.82, 2.24) is 30.2 Å². The highest BCUT2D eigenvalue weighted by Gasteiger charge is 2.37. The Hall–Kier alpha value is -3.51. The average Bonchev–Trinajstić information content (AvgIpc) is 3.23. The first-order valence-electron chi connectivity index (χ1n) is 12.2. The molecule has 3 unspecified atom stereocenters. The van der Waals surface area contributed by atoms with Crippen LogP contribution in [0.25, 0.3) is 11.0 Å². The second-order valence-corrected chi connectivity index (χ2v) is 9.48. The van der Waals surface area contributed by atoms with Crippen LogP contribution in [0.4, 0.5) is 0 Å². The van der Waals surface area contributed by atoms with Gasteiger partial charge in [0.15, 0.2) is 5.84 Å². The van der Waals surface area contributed by atoms with Gasteiger partial charge >= 0.3 is 0 Å². The summed E-state index contributed by atoms with van der Waals surface area (Å²) in [5, 5.41) is 10.9. The molecule has 1 fully saturated rings. The number of benzene rings is 1. The molecular weight excluding hydrogens is 440 g/mol. The Bertz CT molecular complexity index is 1190. The van der Waals surface area contributed by atoms with Crippen molar-refractivity contribution in [2.24, 2.45) is 4.99 Å². The van der Waals surface area contributed by atoms with Crippen LogP contribution < -0.4 is 5.43 Å². The number of aliphatic imine (C=N–C) groups is 1. The van der Waals surface area contributed by atoms with E-state index in [-0.39, 0.29) is 18.1 Å². The van der Waals surface area contributed by atoms with Crippen molar-refractivity contribution in [3.8, 4) is 6.07 Å². The lowest BCUT2D eigenvalue weighted by Gasteiger charge is -2.48. The molecule has 0 bridgehead atoms. The lowest BCUT2D eigenvalue weighted by atomic mass is 9.99. The molecule has 9 nitrogen and oxygen atoms in total. The third-order valence-electron chi connectivity index (χ3n) is 7.00. The number of piperazine rings is 1. The average molecular weight is 475 g/mol. The first-order valence-corrected chi connectivity index (χ1v) is 12.2. The summed E-state index contributed by atoms with van der Waals surface area (Å²) >= 11 is 0. The fourth-order valence-corrected chi connectivity index (χ4v) is 5.20. The fraction of sp³-hybridized carbons (Fsp3) is 0.500. The minimum atomic E-state index is -0.147. The second-order valence-electron chi connectivity index (χ2n) is 9.48. The molecule has 0 aliphatic carbocycles. The number of amides is 1. The highest BCUT2D eigenvalue weighted by molar-refractivity contribution is 5.99. The number of nitrogens with zero attached hydrogens (tertiary/aromatic N) is 7. The monoisotopic (exact) mass is 474 g/mol. The molecule has 2 aliphatic heterocycles. The molecule has 1 saturated heterocycles. The van der Waals surface area contributed by atoms with Gasteiger partial charge in [0.2, 0.25) is 6.41 Å². The third-order valence-corrected chi connectivity index (χ3v) is 7.00. The van der Waals surface area contributed by atoms with E-state index in [1.54, 1.807) is 11.2 Å². The van der Waals surface area contributed by atoms with Crippen LogP contribution in [-0.4, -0.2) is 74.8 Å². The molecule has 1 aromatic heterocycles. The van der Waals surface area contributed by atoms with Gasteiger partial charge in [0.1, 0.15) is 0 Å². The number of aromatic nitrogens is 2. The summed E-state index contributed by atoms with van der Waals surface area (Å²) in [7, 11) is 0. The van der Waals surface area contributed by atoms with E-state index in [0.29, 0.717) is 25.4 Å². The van der Waals surface area contributed by atoms with Crippen LogP contribution in [0, 0.1) is 18.3 Å². The van der Waals surface area contributed by atoms with Crippen LogP contribution in [0.15, 0.2) is 41.2 Å². The maximum Gasteiger partial charge on any atom is 0.225 e. The standard InChI is InChI=1S/C26H34N8O/c1-6-25(26-31-22(9-10-27)15-34(26)29-16-35)33-14-18(3)32(13-19(33)4)20(5)21-7-8-23-24(11-21)30-17(2)12-28-23/h6-8,11-12,16,18-20,22H,9,13-15H2,1-5H3,(H,29,35)/b25-6+/t18-,19?,20?,22?/m1/s1. The van der Waals surface area contributed by atoms with Crippen molar-refractivity contribution in [3.63, 3.8) is 0 Å². The lowest BCUT2D eigenvalue weighted by Crippen LogP contribution is -2.58. The van der Waals surface area contributed by atoms with Gasteiger partial charge in [0.05, 0.1) is 47.5 Å². The summed E-state index contributed by atoms with van der Waals surface area (Å²) in [6.07, 6.45) is 4.85. The highest BCUT2D eigenvalue weighted by atomic mass is 16.1. The summed E-state index contributed by atoms with van der Waals surface area (Å²) < 4.78 is 0. The Labute approximate surface area is 207 Å². The zero-order valence-electron chi connectivity index (χ0n) is 21.1. The van der Waals surface area contributed by atoms with E-state index >= 15 is 0 Å². The van der Waals surface area contributed by atoms with Crippen LogP contribution >= 0.6 is 0 Å². The van der Waals surface area contributed by atoms with Crippen LogP contribution in [-0.2, 0) is 4.79 Å². The van der Waals surface area contributed by atoms with E-state index in [0.717, 1.165) is 41.3 Å². The normalized spacial score (nSPS) is 24.3. The Balaban J connectivity index is 1.54. The molecule has 2 aliphatic rings. The van der Waals surface area contributed by atoms with E-state index in [2.05, 4.69) is 76.3 Å². The molecule has 1 amide bonds. The number of rotatable bonds is 7. The number of carbonyl (C=O) groups excluding carboxylic acids is 1. The molecule has 0 radical (unpaired) electrons. The van der Waals surface area contributed by atoms with Gasteiger partial charge in [0.25, 0.3) is 0 Å². The second kappa shape index (κ2) is 10.4. The van der Waals surface area contributed by atoms with Crippen molar-refractivity contribution in [1.29, 1.82) is 5.26 Å². The number of hydrogen-bond donors (Lipinski definition) is 1. The zero-order chi connectivity index (χ0) is 25.1. The molecule has 9 heteroatoms. The molecule has 0 spiro atoms. The number of nitriles is 1. The lowest BCUT2D eigenvalue weighted by molar-refractivity contribution is -0.112. The molecule has 35 heavy (non-hydrogen) atoms. The van der Waals surface area contributed by atoms with E-state index in [1.165, 1.54) is 5.56 Å². The molecule has 184 valence electrons. The quantitative estimate of drug-likeness (QED) is 0.616. The summed E-state index contributed by atoms with van der Waals surface area (Å²) in [6, 6.07) is 9.17. The Morgan fingerprint density at radius 3 is 2.77 bits per heavy atom. The number of aryl methyl sites for hydroxylation is 1. The van der Waals surface area contributed by atoms with Gasteiger partial charge in [-0.15, -0.1) is 0 Å². The van der Waals surface area contributed by atoms with E-state index in [9.17, 15) is 4.79 Å². The first-order chi connectivity index (χ1) is 16.9. The largest absolute Gasteiger partial charge is 0.363 e. The number of amidine groups is 1. The Morgan fingerprint density at radius 2 is 2.06 bits per heavy atom. The molecule has 4 rings (SSSR count). The van der Waals surface area contributed by atoms with Crippen LogP contribution in [0.2, 0.25) is 0 Å². The highest BCUT2D eigenvalue weighted by Crippen LogP contribution is 2.31. The molecule has 1 N–H and O–H groups in total. The number of hydrogen-bond acceptors (Lipinski definition) is 8. The van der Waals surface area contributed by atoms with Gasteiger partial charge in [-0.3, -0.25) is 30.1 Å². The predicted molar refractivity (Wildman–Crippen MR) is 136 cm³/mol. The predicted octanol–water partition coefficient (Wildman–Crippen LogP) is 2.96. The van der Waals surface area contributed by atoms with Gasteiger partial charge in [-0.2, -0.15) is 5.26 Å². The van der Waals surface area contributed by atoms with Crippen molar-refractivity contribution >= 4 is 23.3 Å². The summed E-state index contributed by atoms with van der Waals surface area (Å²) in [5.74, 6) is 0.726. The topological polar surface area (TPSA) is 101 Å². The molecule has 2 aromatic rings. The van der Waals surface area contributed by atoms with Crippen LogP contribution in [0.5, 0.6) is 0 Å². The molecule has 0 saturated carbocycles. The maximum absolute atomic E-state index is 11.2. The minimum Gasteiger partial charge on any atom is -0.363 e. The molecular formula is C26H34N8O. The van der Waals surface area contributed by atoms with E-state index < -0.39 is 0 Å². The number of hydrazine groups is 1. The van der Waals surface area contributed by atoms with E-state index in [1.807, 2.05) is 13.8 Å². The van der Waals surface area contributed by atoms with Gasteiger partial charge in [-0.25, -0.2) is 4.98 Å². The third kappa shape index (κ3) is 4.98. The van der Waals surface area contributed by atoms with Crippen molar-refractivity contribution in [2.45, 2.75) is 65.2 Å². The van der Waals surface area contributed by atoms with Crippen LogP contribution in [0.1, 0.15) is 51.4 Å². The first kappa shape index (κ1) is 24.6. The number of nitrogens with one attached hydrogen (secondary N) is 1. The fourth-order valence-electron chi connectivity index (χ4n) is 5.20. The molecule has 4 atom stereocenters. The van der Waals surface area contributed by atoms with Crippen molar-refractivity contribution in [2.75, 3.05) is 19.6 Å². The summed E-state index contributed by atoms with van der Waals surface area (Å²) in [6.45, 7) is 12.9. The molecule has 3 heterocycles. The van der Waals surface area contributed by atoms with Gasteiger partial charge < -0.3 is 4.90 Å². The molecule has 1 aromatic carbocycles. The number of fused-ring (bicyclic) bond motifs is 1. The van der Waals surface area contributed by atoms with Crippen molar-refractivity contribution in [3.05, 3.63) is 47.4 Å². The minimum absolute atomic E-state index is 0.147. The van der Waals surface area contributed by atoms with E-state index in [4.69, 9.17) is 10.3 Å². The zero-order valence-corrected chi connectivity index (χ0v) is 21.1. The smallest absolute Gasteiger partial charge is 0.225 e. The summed E-state index contributed by atoms with van der Waals surface area (Å²) in [4.78, 5) is 30.0. The van der Waals surface area contributed by atoms with Crippen molar-refractivity contribution < 1.29 is 4.79 Å².